The molecule has 10 heteroatoms. The minimum absolute atomic E-state index is 0.0250. The zero-order valence-corrected chi connectivity index (χ0v) is 19.6. The van der Waals surface area contributed by atoms with Crippen LogP contribution < -0.4 is 11.1 Å². The molecule has 0 bridgehead atoms. The average Bonchev–Trinajstić information content (AvgIpc) is 3.44. The first-order chi connectivity index (χ1) is 16.2. The van der Waals surface area contributed by atoms with Crippen LogP contribution in [0, 0.1) is 5.92 Å². The molecule has 1 aromatic rings. The van der Waals surface area contributed by atoms with Crippen molar-refractivity contribution in [3.05, 3.63) is 35.9 Å². The lowest BCUT2D eigenvalue weighted by Gasteiger charge is -2.30. The van der Waals surface area contributed by atoms with Crippen molar-refractivity contribution in [3.63, 3.8) is 0 Å². The summed E-state index contributed by atoms with van der Waals surface area (Å²) in [5.74, 6) is -1.99. The molecule has 2 aliphatic heterocycles. The molecule has 184 valence electrons. The Hall–Kier alpha value is -3.43. The standard InChI is InChI=1S/C24H32N4O6/c1-15(2)13-17(23(32)27-12-6-9-18(27)21(25)30)26-22(31)19-10-11-20(29)28(19)24(33)34-14-16-7-4-3-5-8-16/h3-5,7-8,15,17-19H,6,9-14H2,1-2H3,(H2,25,30)(H,26,31)/t17-,18+,19-/m0/s1. The van der Waals surface area contributed by atoms with Gasteiger partial charge in [-0.3, -0.25) is 19.2 Å². The Morgan fingerprint density at radius 3 is 2.47 bits per heavy atom. The lowest BCUT2D eigenvalue weighted by atomic mass is 10.0. The van der Waals surface area contributed by atoms with Gasteiger partial charge in [0.2, 0.25) is 23.6 Å². The van der Waals surface area contributed by atoms with Crippen LogP contribution in [0.15, 0.2) is 30.3 Å². The van der Waals surface area contributed by atoms with Crippen LogP contribution in [0.2, 0.25) is 0 Å². The maximum absolute atomic E-state index is 13.2. The van der Waals surface area contributed by atoms with Crippen molar-refractivity contribution in [2.24, 2.45) is 11.7 Å². The molecule has 2 fully saturated rings. The van der Waals surface area contributed by atoms with Gasteiger partial charge in [0.15, 0.2) is 0 Å². The summed E-state index contributed by atoms with van der Waals surface area (Å²) < 4.78 is 5.26. The van der Waals surface area contributed by atoms with E-state index in [0.717, 1.165) is 10.5 Å². The summed E-state index contributed by atoms with van der Waals surface area (Å²) in [6.07, 6.45) is 0.748. The van der Waals surface area contributed by atoms with E-state index in [2.05, 4.69) is 5.32 Å². The molecule has 2 heterocycles. The first-order valence-corrected chi connectivity index (χ1v) is 11.6. The van der Waals surface area contributed by atoms with Crippen LogP contribution in [0.25, 0.3) is 0 Å². The first kappa shape index (κ1) is 25.2. The number of rotatable bonds is 8. The van der Waals surface area contributed by atoms with E-state index >= 15 is 0 Å². The molecule has 5 amide bonds. The van der Waals surface area contributed by atoms with E-state index in [1.807, 2.05) is 19.9 Å². The van der Waals surface area contributed by atoms with Gasteiger partial charge in [-0.15, -0.1) is 0 Å². The van der Waals surface area contributed by atoms with Crippen molar-refractivity contribution < 1.29 is 28.7 Å². The second kappa shape index (κ2) is 11.1. The highest BCUT2D eigenvalue weighted by Crippen LogP contribution is 2.23. The van der Waals surface area contributed by atoms with E-state index < -0.39 is 41.9 Å². The Morgan fingerprint density at radius 1 is 1.12 bits per heavy atom. The topological polar surface area (TPSA) is 139 Å². The van der Waals surface area contributed by atoms with Gasteiger partial charge < -0.3 is 20.7 Å². The number of nitrogens with zero attached hydrogens (tertiary/aromatic N) is 2. The maximum Gasteiger partial charge on any atom is 0.417 e. The quantitative estimate of drug-likeness (QED) is 0.585. The van der Waals surface area contributed by atoms with Crippen molar-refractivity contribution in [2.75, 3.05) is 6.54 Å². The molecule has 0 radical (unpaired) electrons. The lowest BCUT2D eigenvalue weighted by Crippen LogP contribution is -2.56. The van der Waals surface area contributed by atoms with Gasteiger partial charge in [-0.1, -0.05) is 44.2 Å². The van der Waals surface area contributed by atoms with Crippen LogP contribution in [0.5, 0.6) is 0 Å². The average molecular weight is 473 g/mol. The molecule has 2 aliphatic rings. The number of carbonyl (C=O) groups excluding carboxylic acids is 5. The molecule has 0 unspecified atom stereocenters. The van der Waals surface area contributed by atoms with Crippen molar-refractivity contribution in [2.45, 2.75) is 70.7 Å². The first-order valence-electron chi connectivity index (χ1n) is 11.6. The normalized spacial score (nSPS) is 21.0. The summed E-state index contributed by atoms with van der Waals surface area (Å²) in [6.45, 7) is 4.18. The second-order valence-corrected chi connectivity index (χ2v) is 9.14. The van der Waals surface area contributed by atoms with Crippen LogP contribution in [0.1, 0.15) is 51.5 Å². The van der Waals surface area contributed by atoms with E-state index in [-0.39, 0.29) is 31.3 Å². The molecule has 3 N–H and O–H groups in total. The highest BCUT2D eigenvalue weighted by Gasteiger charge is 2.43. The van der Waals surface area contributed by atoms with E-state index in [4.69, 9.17) is 10.5 Å². The number of ether oxygens (including phenoxy) is 1. The number of imide groups is 1. The van der Waals surface area contributed by atoms with Crippen LogP contribution in [-0.4, -0.2) is 64.2 Å². The highest BCUT2D eigenvalue weighted by molar-refractivity contribution is 6.01. The molecule has 34 heavy (non-hydrogen) atoms. The summed E-state index contributed by atoms with van der Waals surface area (Å²) >= 11 is 0. The van der Waals surface area contributed by atoms with Gasteiger partial charge in [0.25, 0.3) is 0 Å². The van der Waals surface area contributed by atoms with Gasteiger partial charge in [-0.2, -0.15) is 0 Å². The van der Waals surface area contributed by atoms with Crippen molar-refractivity contribution in [3.8, 4) is 0 Å². The van der Waals surface area contributed by atoms with E-state index in [1.165, 1.54) is 4.90 Å². The van der Waals surface area contributed by atoms with E-state index in [1.54, 1.807) is 24.3 Å². The van der Waals surface area contributed by atoms with Gasteiger partial charge in [0, 0.05) is 13.0 Å². The number of nitrogens with one attached hydrogen (secondary N) is 1. The van der Waals surface area contributed by atoms with Crippen LogP contribution in [0.4, 0.5) is 4.79 Å². The molecule has 0 aliphatic carbocycles. The third-order valence-electron chi connectivity index (χ3n) is 6.10. The van der Waals surface area contributed by atoms with Crippen LogP contribution in [0.3, 0.4) is 0 Å². The molecule has 0 saturated carbocycles. The van der Waals surface area contributed by atoms with Gasteiger partial charge in [0.05, 0.1) is 0 Å². The largest absolute Gasteiger partial charge is 0.444 e. The number of primary amides is 1. The van der Waals surface area contributed by atoms with Gasteiger partial charge >= 0.3 is 6.09 Å². The SMILES string of the molecule is CC(C)C[C@H](NC(=O)[C@@H]1CCC(=O)N1C(=O)OCc1ccccc1)C(=O)N1CCC[C@@H]1C(N)=O. The summed E-state index contributed by atoms with van der Waals surface area (Å²) in [7, 11) is 0. The second-order valence-electron chi connectivity index (χ2n) is 9.14. The molecule has 1 aromatic carbocycles. The third-order valence-corrected chi connectivity index (χ3v) is 6.10. The monoisotopic (exact) mass is 472 g/mol. The number of nitrogens with two attached hydrogens (primary N) is 1. The van der Waals surface area contributed by atoms with Crippen LogP contribution >= 0.6 is 0 Å². The number of benzene rings is 1. The number of hydrogen-bond acceptors (Lipinski definition) is 6. The Bertz CT molecular complexity index is 935. The zero-order valence-electron chi connectivity index (χ0n) is 19.6. The predicted octanol–water partition coefficient (Wildman–Crippen LogP) is 1.32. The third kappa shape index (κ3) is 5.92. The fraction of sp³-hybridized carbons (Fsp3) is 0.542. The van der Waals surface area contributed by atoms with E-state index in [0.29, 0.717) is 25.8 Å². The Labute approximate surface area is 198 Å². The molecular weight excluding hydrogens is 440 g/mol. The molecule has 3 rings (SSSR count). The molecule has 0 aromatic heterocycles. The Kier molecular flexibility index (Phi) is 8.25. The number of likely N-dealkylation sites (tertiary alicyclic amines) is 2. The summed E-state index contributed by atoms with van der Waals surface area (Å²) in [6, 6.07) is 6.33. The Morgan fingerprint density at radius 2 is 1.82 bits per heavy atom. The Balaban J connectivity index is 1.69. The number of carbonyl (C=O) groups is 5. The molecule has 3 atom stereocenters. The predicted molar refractivity (Wildman–Crippen MR) is 122 cm³/mol. The van der Waals surface area contributed by atoms with Gasteiger partial charge in [0.1, 0.15) is 24.7 Å². The summed E-state index contributed by atoms with van der Waals surface area (Å²) in [5, 5.41) is 2.72. The molecule has 0 spiro atoms. The number of amides is 5. The maximum atomic E-state index is 13.2. The molecule has 2 saturated heterocycles. The number of hydrogen-bond donors (Lipinski definition) is 2. The highest BCUT2D eigenvalue weighted by atomic mass is 16.6. The summed E-state index contributed by atoms with van der Waals surface area (Å²) in [5.41, 5.74) is 6.20. The lowest BCUT2D eigenvalue weighted by molar-refractivity contribution is -0.142. The minimum atomic E-state index is -1.07. The smallest absolute Gasteiger partial charge is 0.417 e. The van der Waals surface area contributed by atoms with Crippen molar-refractivity contribution in [1.29, 1.82) is 0 Å². The molecule has 10 nitrogen and oxygen atoms in total. The fourth-order valence-electron chi connectivity index (χ4n) is 4.44. The van der Waals surface area contributed by atoms with Crippen molar-refractivity contribution >= 4 is 29.7 Å². The van der Waals surface area contributed by atoms with Gasteiger partial charge in [-0.25, -0.2) is 9.69 Å². The minimum Gasteiger partial charge on any atom is -0.444 e. The van der Waals surface area contributed by atoms with Crippen molar-refractivity contribution in [1.82, 2.24) is 15.1 Å². The van der Waals surface area contributed by atoms with Crippen LogP contribution in [-0.2, 0) is 30.5 Å². The van der Waals surface area contributed by atoms with Gasteiger partial charge in [-0.05, 0) is 37.2 Å². The molecular formula is C24H32N4O6. The fourth-order valence-corrected chi connectivity index (χ4v) is 4.44. The summed E-state index contributed by atoms with van der Waals surface area (Å²) in [4.78, 5) is 65.4. The zero-order chi connectivity index (χ0) is 24.8. The van der Waals surface area contributed by atoms with E-state index in [9.17, 15) is 24.0 Å².